The molecule has 1 aromatic carbocycles. The Hall–Kier alpha value is -1.87. The van der Waals surface area contributed by atoms with E-state index < -0.39 is 20.9 Å². The van der Waals surface area contributed by atoms with Crippen LogP contribution in [-0.2, 0) is 16.3 Å². The summed E-state index contributed by atoms with van der Waals surface area (Å²) in [4.78, 5) is 14.8. The molecule has 1 saturated heterocycles. The van der Waals surface area contributed by atoms with E-state index in [4.69, 9.17) is 0 Å². The zero-order valence-corrected chi connectivity index (χ0v) is 16.0. The van der Waals surface area contributed by atoms with E-state index in [1.165, 1.54) is 23.1 Å². The molecule has 0 N–H and O–H groups in total. The number of sulfone groups is 1. The van der Waals surface area contributed by atoms with Crippen LogP contribution in [0.25, 0.3) is 0 Å². The molecule has 9 heteroatoms. The van der Waals surface area contributed by atoms with E-state index >= 15 is 0 Å². The third kappa shape index (κ3) is 3.78. The van der Waals surface area contributed by atoms with Crippen molar-refractivity contribution in [3.8, 4) is 0 Å². The van der Waals surface area contributed by atoms with Gasteiger partial charge in [-0.2, -0.15) is 0 Å². The van der Waals surface area contributed by atoms with Crippen molar-refractivity contribution in [2.45, 2.75) is 31.4 Å². The van der Waals surface area contributed by atoms with E-state index in [9.17, 15) is 17.6 Å². The Kier molecular flexibility index (Phi) is 5.67. The van der Waals surface area contributed by atoms with Gasteiger partial charge in [0.05, 0.1) is 16.7 Å². The standard InChI is InChI=1S/C17H20FN3O3S2/c1-2-5-14-16(25-20-19-14)17(22)21-9-8-15(26(23,24)11-10-21)12-6-3-4-7-13(12)18/h3-4,6-7,15H,2,5,8-11H2,1H3/t15-/m0/s1. The van der Waals surface area contributed by atoms with Crippen molar-refractivity contribution in [3.05, 3.63) is 46.2 Å². The third-order valence-corrected chi connectivity index (χ3v) is 7.38. The van der Waals surface area contributed by atoms with Gasteiger partial charge in [-0.05, 0) is 30.4 Å². The Bertz CT molecular complexity index is 898. The predicted molar refractivity (Wildman–Crippen MR) is 97.4 cm³/mol. The summed E-state index contributed by atoms with van der Waals surface area (Å²) in [6.45, 7) is 2.33. The Morgan fingerprint density at radius 3 is 2.85 bits per heavy atom. The highest BCUT2D eigenvalue weighted by molar-refractivity contribution is 7.91. The van der Waals surface area contributed by atoms with Gasteiger partial charge in [0.15, 0.2) is 9.84 Å². The molecule has 2 heterocycles. The molecule has 1 amide bonds. The van der Waals surface area contributed by atoms with E-state index in [-0.39, 0.29) is 36.7 Å². The predicted octanol–water partition coefficient (Wildman–Crippen LogP) is 2.63. The minimum atomic E-state index is -3.55. The molecule has 1 fully saturated rings. The number of carbonyl (C=O) groups is 1. The molecule has 0 spiro atoms. The first-order valence-corrected chi connectivity index (χ1v) is 11.0. The molecule has 2 aromatic rings. The van der Waals surface area contributed by atoms with Crippen molar-refractivity contribution in [2.24, 2.45) is 0 Å². The normalized spacial score (nSPS) is 19.9. The second-order valence-electron chi connectivity index (χ2n) is 6.26. The summed E-state index contributed by atoms with van der Waals surface area (Å²) in [6.07, 6.45) is 1.67. The van der Waals surface area contributed by atoms with Gasteiger partial charge in [0.25, 0.3) is 5.91 Å². The number of aryl methyl sites for hydroxylation is 1. The van der Waals surface area contributed by atoms with E-state index in [2.05, 4.69) is 9.59 Å². The molecule has 0 saturated carbocycles. The monoisotopic (exact) mass is 397 g/mol. The number of benzene rings is 1. The highest BCUT2D eigenvalue weighted by Crippen LogP contribution is 2.31. The molecular weight excluding hydrogens is 377 g/mol. The zero-order valence-electron chi connectivity index (χ0n) is 14.4. The van der Waals surface area contributed by atoms with Gasteiger partial charge in [0.2, 0.25) is 0 Å². The molecule has 0 radical (unpaired) electrons. The van der Waals surface area contributed by atoms with Crippen molar-refractivity contribution < 1.29 is 17.6 Å². The van der Waals surface area contributed by atoms with Crippen LogP contribution in [0.4, 0.5) is 4.39 Å². The molecule has 1 aliphatic rings. The SMILES string of the molecule is CCCc1nnsc1C(=O)N1CC[C@@H](c2ccccc2F)S(=O)(=O)CC1. The number of rotatable bonds is 4. The largest absolute Gasteiger partial charge is 0.337 e. The van der Waals surface area contributed by atoms with Crippen LogP contribution in [0.5, 0.6) is 0 Å². The summed E-state index contributed by atoms with van der Waals surface area (Å²) in [6, 6.07) is 5.92. The highest BCUT2D eigenvalue weighted by atomic mass is 32.2. The molecule has 0 aliphatic carbocycles. The average molecular weight is 397 g/mol. The van der Waals surface area contributed by atoms with Crippen LogP contribution in [0.3, 0.4) is 0 Å². The number of amides is 1. The minimum Gasteiger partial charge on any atom is -0.337 e. The molecule has 6 nitrogen and oxygen atoms in total. The molecule has 0 bridgehead atoms. The molecule has 1 aromatic heterocycles. The Morgan fingerprint density at radius 2 is 2.12 bits per heavy atom. The lowest BCUT2D eigenvalue weighted by Crippen LogP contribution is -2.33. The molecular formula is C17H20FN3O3S2. The topological polar surface area (TPSA) is 80.2 Å². The van der Waals surface area contributed by atoms with Crippen LogP contribution < -0.4 is 0 Å². The third-order valence-electron chi connectivity index (χ3n) is 4.52. The van der Waals surface area contributed by atoms with Crippen LogP contribution in [0.2, 0.25) is 0 Å². The molecule has 140 valence electrons. The van der Waals surface area contributed by atoms with Gasteiger partial charge >= 0.3 is 0 Å². The maximum absolute atomic E-state index is 14.1. The van der Waals surface area contributed by atoms with Gasteiger partial charge in [-0.25, -0.2) is 12.8 Å². The minimum absolute atomic E-state index is 0.0928. The van der Waals surface area contributed by atoms with Crippen LogP contribution in [0.1, 0.15) is 45.9 Å². The van der Waals surface area contributed by atoms with Crippen LogP contribution >= 0.6 is 11.5 Å². The first-order valence-electron chi connectivity index (χ1n) is 8.50. The van der Waals surface area contributed by atoms with Gasteiger partial charge in [0.1, 0.15) is 10.7 Å². The number of nitrogens with zero attached hydrogens (tertiary/aromatic N) is 3. The second-order valence-corrected chi connectivity index (χ2v) is 9.31. The fourth-order valence-electron chi connectivity index (χ4n) is 3.15. The Morgan fingerprint density at radius 1 is 1.35 bits per heavy atom. The van der Waals surface area contributed by atoms with Crippen molar-refractivity contribution in [1.29, 1.82) is 0 Å². The second kappa shape index (κ2) is 7.79. The lowest BCUT2D eigenvalue weighted by Gasteiger charge is -2.19. The van der Waals surface area contributed by atoms with Crippen molar-refractivity contribution in [2.75, 3.05) is 18.8 Å². The van der Waals surface area contributed by atoms with E-state index in [0.717, 1.165) is 18.0 Å². The van der Waals surface area contributed by atoms with Gasteiger partial charge < -0.3 is 4.90 Å². The molecule has 1 aliphatic heterocycles. The van der Waals surface area contributed by atoms with Crippen LogP contribution in [0.15, 0.2) is 24.3 Å². The molecule has 3 rings (SSSR count). The van der Waals surface area contributed by atoms with Crippen molar-refractivity contribution >= 4 is 27.3 Å². The maximum Gasteiger partial charge on any atom is 0.267 e. The number of hydrogen-bond acceptors (Lipinski definition) is 6. The lowest BCUT2D eigenvalue weighted by atomic mass is 10.1. The van der Waals surface area contributed by atoms with Gasteiger partial charge in [0, 0.05) is 18.7 Å². The fourth-order valence-corrected chi connectivity index (χ4v) is 5.63. The van der Waals surface area contributed by atoms with Crippen LogP contribution in [0, 0.1) is 5.82 Å². The molecule has 0 unspecified atom stereocenters. The van der Waals surface area contributed by atoms with E-state index in [0.29, 0.717) is 17.0 Å². The summed E-state index contributed by atoms with van der Waals surface area (Å²) in [5, 5.41) is 3.07. The zero-order chi connectivity index (χ0) is 18.7. The average Bonchev–Trinajstić information content (AvgIpc) is 3.00. The molecule has 26 heavy (non-hydrogen) atoms. The Balaban J connectivity index is 1.83. The summed E-state index contributed by atoms with van der Waals surface area (Å²) >= 11 is 1.04. The maximum atomic E-state index is 14.1. The molecule has 1 atom stereocenters. The number of halogens is 1. The summed E-state index contributed by atoms with van der Waals surface area (Å²) < 4.78 is 43.3. The summed E-state index contributed by atoms with van der Waals surface area (Å²) in [5.41, 5.74) is 0.827. The van der Waals surface area contributed by atoms with Crippen LogP contribution in [-0.4, -0.2) is 47.7 Å². The smallest absolute Gasteiger partial charge is 0.267 e. The fraction of sp³-hybridized carbons (Fsp3) is 0.471. The number of carbonyl (C=O) groups excluding carboxylic acids is 1. The van der Waals surface area contributed by atoms with Gasteiger partial charge in [-0.1, -0.05) is 36.0 Å². The lowest BCUT2D eigenvalue weighted by molar-refractivity contribution is 0.0770. The quantitative estimate of drug-likeness (QED) is 0.792. The van der Waals surface area contributed by atoms with E-state index in [1.54, 1.807) is 6.07 Å². The number of aromatic nitrogens is 2. The van der Waals surface area contributed by atoms with Crippen molar-refractivity contribution in [1.82, 2.24) is 14.5 Å². The summed E-state index contributed by atoms with van der Waals surface area (Å²) in [7, 11) is -3.55. The van der Waals surface area contributed by atoms with Gasteiger partial charge in [-0.3, -0.25) is 4.79 Å². The van der Waals surface area contributed by atoms with Crippen molar-refractivity contribution in [3.63, 3.8) is 0 Å². The Labute approximate surface area is 156 Å². The van der Waals surface area contributed by atoms with E-state index in [1.807, 2.05) is 6.92 Å². The van der Waals surface area contributed by atoms with Gasteiger partial charge in [-0.15, -0.1) is 5.10 Å². The number of hydrogen-bond donors (Lipinski definition) is 0. The highest BCUT2D eigenvalue weighted by Gasteiger charge is 2.35. The summed E-state index contributed by atoms with van der Waals surface area (Å²) in [5.74, 6) is -0.960. The first kappa shape index (κ1) is 18.9. The first-order chi connectivity index (χ1) is 12.4.